The van der Waals surface area contributed by atoms with Crippen molar-refractivity contribution < 1.29 is 12.8 Å². The van der Waals surface area contributed by atoms with Crippen LogP contribution in [0.2, 0.25) is 0 Å². The average molecular weight is 271 g/mol. The predicted molar refractivity (Wildman–Crippen MR) is 68.3 cm³/mol. The smallest absolute Gasteiger partial charge is 0.177 e. The predicted octanol–water partition coefficient (Wildman–Crippen LogP) is 0.643. The van der Waals surface area contributed by atoms with E-state index in [2.05, 4.69) is 15.6 Å². The summed E-state index contributed by atoms with van der Waals surface area (Å²) in [5.41, 5.74) is -0.00333. The molecule has 1 aliphatic heterocycles. The number of aliphatic imine (C=N–C) groups is 1. The first-order valence-electron chi connectivity index (χ1n) is 5.48. The van der Waals surface area contributed by atoms with Gasteiger partial charge in [0, 0.05) is 12.8 Å². The molecule has 5 nitrogen and oxygen atoms in total. The van der Waals surface area contributed by atoms with Crippen LogP contribution in [0.3, 0.4) is 0 Å². The Bertz CT molecular complexity index is 584. The number of rotatable bonds is 4. The van der Waals surface area contributed by atoms with E-state index < -0.39 is 15.7 Å². The van der Waals surface area contributed by atoms with E-state index in [9.17, 15) is 12.8 Å². The van der Waals surface area contributed by atoms with Gasteiger partial charge in [-0.15, -0.1) is 0 Å². The number of sulfone groups is 1. The number of amidine groups is 1. The van der Waals surface area contributed by atoms with Crippen LogP contribution in [0.15, 0.2) is 28.1 Å². The fraction of sp³-hybridized carbons (Fsp3) is 0.364. The summed E-state index contributed by atoms with van der Waals surface area (Å²) in [5, 5.41) is 5.80. The highest BCUT2D eigenvalue weighted by molar-refractivity contribution is 7.90. The summed E-state index contributed by atoms with van der Waals surface area (Å²) in [5.74, 6) is 0.120. The molecule has 2 N–H and O–H groups in total. The first kappa shape index (κ1) is 12.8. The van der Waals surface area contributed by atoms with Crippen molar-refractivity contribution in [1.82, 2.24) is 5.32 Å². The second-order valence-corrected chi connectivity index (χ2v) is 5.98. The van der Waals surface area contributed by atoms with Crippen molar-refractivity contribution in [1.29, 1.82) is 0 Å². The van der Waals surface area contributed by atoms with Crippen LogP contribution in [0.5, 0.6) is 0 Å². The van der Waals surface area contributed by atoms with Crippen LogP contribution in [0, 0.1) is 5.82 Å². The van der Waals surface area contributed by atoms with Gasteiger partial charge in [0.15, 0.2) is 9.84 Å². The third-order valence-corrected chi connectivity index (χ3v) is 3.69. The molecule has 0 atom stereocenters. The second kappa shape index (κ2) is 4.93. The second-order valence-electron chi connectivity index (χ2n) is 3.99. The van der Waals surface area contributed by atoms with Crippen LogP contribution in [0.4, 0.5) is 10.1 Å². The first-order chi connectivity index (χ1) is 8.48. The molecule has 0 radical (unpaired) electrons. The van der Waals surface area contributed by atoms with E-state index in [1.165, 1.54) is 18.2 Å². The normalized spacial score (nSPS) is 15.1. The third kappa shape index (κ3) is 2.79. The van der Waals surface area contributed by atoms with Crippen LogP contribution < -0.4 is 10.6 Å². The quantitative estimate of drug-likeness (QED) is 0.843. The largest absolute Gasteiger partial charge is 0.374 e. The lowest BCUT2D eigenvalue weighted by Gasteiger charge is -2.12. The van der Waals surface area contributed by atoms with Gasteiger partial charge in [0.05, 0.1) is 23.7 Å². The van der Waals surface area contributed by atoms with Crippen molar-refractivity contribution in [3.8, 4) is 0 Å². The summed E-state index contributed by atoms with van der Waals surface area (Å²) >= 11 is 0. The van der Waals surface area contributed by atoms with E-state index in [1.54, 1.807) is 0 Å². The van der Waals surface area contributed by atoms with Gasteiger partial charge in [-0.25, -0.2) is 12.8 Å². The molecule has 2 rings (SSSR count). The van der Waals surface area contributed by atoms with Gasteiger partial charge in [0.2, 0.25) is 0 Å². The summed E-state index contributed by atoms with van der Waals surface area (Å²) in [6.07, 6.45) is 1.05. The standard InChI is InChI=1S/C11H14FN3O2S/c1-18(16,17)9-4-2-3-8(12)11(9)15-7-10-13-5-6-14-10/h2-4,15H,5-7H2,1H3,(H,13,14). The molecule has 0 aliphatic carbocycles. The summed E-state index contributed by atoms with van der Waals surface area (Å²) in [6.45, 7) is 1.73. The highest BCUT2D eigenvalue weighted by Crippen LogP contribution is 2.24. The molecular weight excluding hydrogens is 257 g/mol. The van der Waals surface area contributed by atoms with E-state index in [4.69, 9.17) is 0 Å². The minimum absolute atomic E-state index is 0.00333. The van der Waals surface area contributed by atoms with E-state index >= 15 is 0 Å². The lowest BCUT2D eigenvalue weighted by Crippen LogP contribution is -2.26. The van der Waals surface area contributed by atoms with E-state index in [0.29, 0.717) is 12.4 Å². The van der Waals surface area contributed by atoms with Crippen LogP contribution >= 0.6 is 0 Å². The Labute approximate surface area is 105 Å². The Hall–Kier alpha value is -1.63. The molecule has 0 spiro atoms. The molecule has 0 saturated heterocycles. The van der Waals surface area contributed by atoms with Gasteiger partial charge in [-0.3, -0.25) is 4.99 Å². The van der Waals surface area contributed by atoms with Crippen LogP contribution in [0.1, 0.15) is 0 Å². The molecule has 7 heteroatoms. The minimum atomic E-state index is -3.46. The molecule has 1 aromatic rings. The maximum absolute atomic E-state index is 13.7. The highest BCUT2D eigenvalue weighted by atomic mass is 32.2. The topological polar surface area (TPSA) is 70.6 Å². The van der Waals surface area contributed by atoms with Crippen LogP contribution in [-0.4, -0.2) is 40.1 Å². The zero-order valence-corrected chi connectivity index (χ0v) is 10.7. The Morgan fingerprint density at radius 2 is 2.28 bits per heavy atom. The van der Waals surface area contributed by atoms with Gasteiger partial charge in [-0.1, -0.05) is 6.07 Å². The van der Waals surface area contributed by atoms with Crippen molar-refractivity contribution >= 4 is 21.4 Å². The van der Waals surface area contributed by atoms with E-state index in [1.807, 2.05) is 0 Å². The molecule has 98 valence electrons. The Morgan fingerprint density at radius 1 is 1.50 bits per heavy atom. The maximum atomic E-state index is 13.7. The van der Waals surface area contributed by atoms with E-state index in [-0.39, 0.29) is 17.1 Å². The highest BCUT2D eigenvalue weighted by Gasteiger charge is 2.17. The fourth-order valence-corrected chi connectivity index (χ4v) is 2.59. The minimum Gasteiger partial charge on any atom is -0.374 e. The number of hydrogen-bond acceptors (Lipinski definition) is 5. The molecule has 0 saturated carbocycles. The SMILES string of the molecule is CS(=O)(=O)c1cccc(F)c1NCC1=NCCN1. The van der Waals surface area contributed by atoms with E-state index in [0.717, 1.165) is 12.8 Å². The number of anilines is 1. The Kier molecular flexibility index (Phi) is 3.51. The number of nitrogens with zero attached hydrogens (tertiary/aromatic N) is 1. The first-order valence-corrected chi connectivity index (χ1v) is 7.37. The van der Waals surface area contributed by atoms with Crippen molar-refractivity contribution in [3.05, 3.63) is 24.0 Å². The molecule has 0 amide bonds. The Morgan fingerprint density at radius 3 is 2.89 bits per heavy atom. The monoisotopic (exact) mass is 271 g/mol. The van der Waals surface area contributed by atoms with Crippen LogP contribution in [-0.2, 0) is 9.84 Å². The number of halogens is 1. The molecule has 0 bridgehead atoms. The zero-order chi connectivity index (χ0) is 13.2. The average Bonchev–Trinajstić information content (AvgIpc) is 2.78. The van der Waals surface area contributed by atoms with Crippen molar-refractivity contribution in [2.24, 2.45) is 4.99 Å². The zero-order valence-electron chi connectivity index (χ0n) is 9.90. The van der Waals surface area contributed by atoms with Crippen molar-refractivity contribution in [2.45, 2.75) is 4.90 Å². The van der Waals surface area contributed by atoms with Gasteiger partial charge in [0.25, 0.3) is 0 Å². The molecule has 0 aromatic heterocycles. The van der Waals surface area contributed by atoms with Gasteiger partial charge < -0.3 is 10.6 Å². The number of para-hydroxylation sites is 1. The van der Waals surface area contributed by atoms with Crippen LogP contribution in [0.25, 0.3) is 0 Å². The molecule has 1 aromatic carbocycles. The summed E-state index contributed by atoms with van der Waals surface area (Å²) in [6, 6.07) is 3.98. The summed E-state index contributed by atoms with van der Waals surface area (Å²) in [7, 11) is -3.46. The fourth-order valence-electron chi connectivity index (χ4n) is 1.72. The number of nitrogens with one attached hydrogen (secondary N) is 2. The maximum Gasteiger partial charge on any atom is 0.177 e. The third-order valence-electron chi connectivity index (χ3n) is 2.55. The van der Waals surface area contributed by atoms with Gasteiger partial charge >= 0.3 is 0 Å². The number of hydrogen-bond donors (Lipinski definition) is 2. The van der Waals surface area contributed by atoms with Gasteiger partial charge in [0.1, 0.15) is 11.7 Å². The number of benzene rings is 1. The molecule has 1 aliphatic rings. The Balaban J connectivity index is 2.25. The molecule has 0 fully saturated rings. The lowest BCUT2D eigenvalue weighted by molar-refractivity contribution is 0.597. The van der Waals surface area contributed by atoms with Gasteiger partial charge in [-0.05, 0) is 12.1 Å². The molecular formula is C11H14FN3O2S. The van der Waals surface area contributed by atoms with Crippen molar-refractivity contribution in [3.63, 3.8) is 0 Å². The van der Waals surface area contributed by atoms with Gasteiger partial charge in [-0.2, -0.15) is 0 Å². The molecule has 0 unspecified atom stereocenters. The summed E-state index contributed by atoms with van der Waals surface area (Å²) in [4.78, 5) is 4.10. The molecule has 18 heavy (non-hydrogen) atoms. The molecule has 1 heterocycles. The lowest BCUT2D eigenvalue weighted by atomic mass is 10.3. The van der Waals surface area contributed by atoms with Crippen molar-refractivity contribution in [2.75, 3.05) is 31.2 Å². The summed E-state index contributed by atoms with van der Waals surface area (Å²) < 4.78 is 36.8.